The molecule has 18 heavy (non-hydrogen) atoms. The van der Waals surface area contributed by atoms with Crippen LogP contribution in [0.4, 0.5) is 0 Å². The van der Waals surface area contributed by atoms with Crippen LogP contribution in [0.15, 0.2) is 47.5 Å². The van der Waals surface area contributed by atoms with Gasteiger partial charge in [-0.05, 0) is 25.8 Å². The van der Waals surface area contributed by atoms with Crippen molar-refractivity contribution < 1.29 is 9.84 Å². The van der Waals surface area contributed by atoms with Gasteiger partial charge in [-0.2, -0.15) is 0 Å². The summed E-state index contributed by atoms with van der Waals surface area (Å²) < 4.78 is 5.38. The lowest BCUT2D eigenvalue weighted by Gasteiger charge is -2.07. The molecule has 1 atom stereocenters. The molecule has 1 heterocycles. The van der Waals surface area contributed by atoms with Gasteiger partial charge in [-0.25, -0.2) is 4.99 Å². The van der Waals surface area contributed by atoms with E-state index in [9.17, 15) is 5.11 Å². The van der Waals surface area contributed by atoms with Crippen molar-refractivity contribution in [3.63, 3.8) is 0 Å². The van der Waals surface area contributed by atoms with Crippen molar-refractivity contribution in [2.45, 2.75) is 31.9 Å². The van der Waals surface area contributed by atoms with Crippen molar-refractivity contribution >= 4 is 5.90 Å². The Morgan fingerprint density at radius 1 is 1.39 bits per heavy atom. The van der Waals surface area contributed by atoms with Crippen molar-refractivity contribution in [2.24, 2.45) is 4.99 Å². The summed E-state index contributed by atoms with van der Waals surface area (Å²) in [5.74, 6) is 0.421. The summed E-state index contributed by atoms with van der Waals surface area (Å²) in [4.78, 5) is 4.34. The monoisotopic (exact) mass is 245 g/mol. The molecule has 3 heteroatoms. The van der Waals surface area contributed by atoms with E-state index >= 15 is 0 Å². The molecule has 0 bridgehead atoms. The van der Waals surface area contributed by atoms with Crippen LogP contribution in [-0.2, 0) is 11.2 Å². The van der Waals surface area contributed by atoms with Crippen LogP contribution in [0.5, 0.6) is 0 Å². The summed E-state index contributed by atoms with van der Waals surface area (Å²) in [5, 5.41) is 9.92. The number of hydrogen-bond donors (Lipinski definition) is 1. The molecular weight excluding hydrogens is 226 g/mol. The van der Waals surface area contributed by atoms with E-state index in [0.29, 0.717) is 12.5 Å². The number of aliphatic hydroxyl groups is 1. The Morgan fingerprint density at radius 2 is 2.11 bits per heavy atom. The maximum absolute atomic E-state index is 9.92. The van der Waals surface area contributed by atoms with Gasteiger partial charge in [0.05, 0.1) is 5.54 Å². The highest BCUT2D eigenvalue weighted by atomic mass is 16.5. The minimum absolute atomic E-state index is 0.219. The average Bonchev–Trinajstić information content (AvgIpc) is 2.71. The Hall–Kier alpha value is -1.61. The molecule has 0 unspecified atom stereocenters. The summed E-state index contributed by atoms with van der Waals surface area (Å²) >= 11 is 0. The lowest BCUT2D eigenvalue weighted by atomic mass is 10.1. The fourth-order valence-electron chi connectivity index (χ4n) is 1.79. The molecule has 1 aromatic rings. The molecule has 0 spiro atoms. The number of nitrogens with zero attached hydrogens (tertiary/aromatic N) is 1. The molecule has 3 nitrogen and oxygen atoms in total. The third-order valence-electron chi connectivity index (χ3n) is 2.75. The third kappa shape index (κ3) is 3.44. The highest BCUT2D eigenvalue weighted by Crippen LogP contribution is 2.18. The van der Waals surface area contributed by atoms with E-state index in [1.807, 2.05) is 38.1 Å². The average molecular weight is 245 g/mol. The summed E-state index contributed by atoms with van der Waals surface area (Å²) in [6.45, 7) is 4.51. The van der Waals surface area contributed by atoms with Crippen molar-refractivity contribution in [3.8, 4) is 0 Å². The largest absolute Gasteiger partial charge is 0.476 e. The summed E-state index contributed by atoms with van der Waals surface area (Å²) in [5.41, 5.74) is 0.999. The van der Waals surface area contributed by atoms with E-state index in [0.717, 1.165) is 6.42 Å². The lowest BCUT2D eigenvalue weighted by Crippen LogP contribution is -2.18. The van der Waals surface area contributed by atoms with Gasteiger partial charge in [-0.1, -0.05) is 42.5 Å². The van der Waals surface area contributed by atoms with Gasteiger partial charge in [-0.3, -0.25) is 0 Å². The number of aliphatic imine (C=N–C) groups is 1. The van der Waals surface area contributed by atoms with Crippen LogP contribution in [-0.4, -0.2) is 29.3 Å². The highest BCUT2D eigenvalue weighted by molar-refractivity contribution is 5.84. The molecule has 0 aromatic heterocycles. The molecule has 1 aliphatic heterocycles. The van der Waals surface area contributed by atoms with Crippen LogP contribution in [0.1, 0.15) is 19.4 Å². The smallest absolute Gasteiger partial charge is 0.217 e. The van der Waals surface area contributed by atoms with E-state index in [1.165, 1.54) is 5.56 Å². The van der Waals surface area contributed by atoms with Gasteiger partial charge in [0.1, 0.15) is 12.7 Å². The molecular formula is C15H19NO2. The first kappa shape index (κ1) is 12.8. The number of ether oxygens (including phenoxy) is 1. The van der Waals surface area contributed by atoms with Crippen molar-refractivity contribution in [1.82, 2.24) is 0 Å². The zero-order valence-electron chi connectivity index (χ0n) is 10.8. The number of rotatable bonds is 4. The minimum Gasteiger partial charge on any atom is -0.476 e. The Bertz CT molecular complexity index is 449. The predicted octanol–water partition coefficient (Wildman–Crippen LogP) is 2.35. The first-order chi connectivity index (χ1) is 8.57. The van der Waals surface area contributed by atoms with E-state index in [1.54, 1.807) is 6.08 Å². The second-order valence-corrected chi connectivity index (χ2v) is 5.11. The zero-order valence-corrected chi connectivity index (χ0v) is 10.8. The summed E-state index contributed by atoms with van der Waals surface area (Å²) in [6, 6.07) is 10.1. The first-order valence-electron chi connectivity index (χ1n) is 6.18. The number of benzene rings is 1. The maximum Gasteiger partial charge on any atom is 0.217 e. The quantitative estimate of drug-likeness (QED) is 0.827. The molecule has 96 valence electrons. The maximum atomic E-state index is 9.92. The van der Waals surface area contributed by atoms with Crippen molar-refractivity contribution in [3.05, 3.63) is 48.0 Å². The van der Waals surface area contributed by atoms with E-state index in [-0.39, 0.29) is 5.54 Å². The second kappa shape index (κ2) is 5.36. The summed E-state index contributed by atoms with van der Waals surface area (Å²) in [6.07, 6.45) is 3.73. The Morgan fingerprint density at radius 3 is 2.72 bits per heavy atom. The molecule has 2 rings (SSSR count). The molecule has 0 saturated heterocycles. The van der Waals surface area contributed by atoms with Crippen LogP contribution in [0.25, 0.3) is 0 Å². The molecule has 0 saturated carbocycles. The van der Waals surface area contributed by atoms with Crippen LogP contribution < -0.4 is 0 Å². The standard InChI is InChI=1S/C15H19NO2/c1-15(2)11-18-14(16-15)13(17)10-6-9-12-7-4-3-5-8-12/h3-8,10,13,17H,9,11H2,1-2H3/b10-6-/t13-/m0/s1. The molecule has 0 aliphatic carbocycles. The van der Waals surface area contributed by atoms with E-state index in [4.69, 9.17) is 4.74 Å². The third-order valence-corrected chi connectivity index (χ3v) is 2.75. The molecule has 0 amide bonds. The molecule has 0 fully saturated rings. The van der Waals surface area contributed by atoms with Crippen LogP contribution in [0.3, 0.4) is 0 Å². The topological polar surface area (TPSA) is 41.8 Å². The fraction of sp³-hybridized carbons (Fsp3) is 0.400. The zero-order chi connectivity index (χ0) is 13.0. The fourth-order valence-corrected chi connectivity index (χ4v) is 1.79. The van der Waals surface area contributed by atoms with E-state index in [2.05, 4.69) is 17.1 Å². The van der Waals surface area contributed by atoms with Gasteiger partial charge in [0.15, 0.2) is 0 Å². The highest BCUT2D eigenvalue weighted by Gasteiger charge is 2.28. The number of aliphatic hydroxyl groups excluding tert-OH is 1. The van der Waals surface area contributed by atoms with Crippen LogP contribution >= 0.6 is 0 Å². The lowest BCUT2D eigenvalue weighted by molar-refractivity contribution is 0.219. The number of allylic oxidation sites excluding steroid dienone is 1. The Kier molecular flexibility index (Phi) is 3.82. The normalized spacial score (nSPS) is 19.6. The molecule has 0 radical (unpaired) electrons. The van der Waals surface area contributed by atoms with Crippen molar-refractivity contribution in [2.75, 3.05) is 6.61 Å². The van der Waals surface area contributed by atoms with E-state index < -0.39 is 6.10 Å². The van der Waals surface area contributed by atoms with Gasteiger partial charge in [0.2, 0.25) is 5.90 Å². The van der Waals surface area contributed by atoms with Gasteiger partial charge in [0, 0.05) is 0 Å². The molecule has 1 N–H and O–H groups in total. The predicted molar refractivity (Wildman–Crippen MR) is 72.8 cm³/mol. The van der Waals surface area contributed by atoms with Gasteiger partial charge >= 0.3 is 0 Å². The molecule has 1 aromatic carbocycles. The number of hydrogen-bond acceptors (Lipinski definition) is 3. The van der Waals surface area contributed by atoms with Gasteiger partial charge < -0.3 is 9.84 Å². The van der Waals surface area contributed by atoms with Crippen molar-refractivity contribution in [1.29, 1.82) is 0 Å². The van der Waals surface area contributed by atoms with Gasteiger partial charge in [-0.15, -0.1) is 0 Å². The van der Waals surface area contributed by atoms with Crippen LogP contribution in [0.2, 0.25) is 0 Å². The Labute approximate surface area is 108 Å². The SMILES string of the molecule is CC1(C)COC([C@@H](O)/C=C\Cc2ccccc2)=N1. The van der Waals surface area contributed by atoms with Crippen LogP contribution in [0, 0.1) is 0 Å². The summed E-state index contributed by atoms with van der Waals surface area (Å²) in [7, 11) is 0. The van der Waals surface area contributed by atoms with Gasteiger partial charge in [0.25, 0.3) is 0 Å². The minimum atomic E-state index is -0.740. The second-order valence-electron chi connectivity index (χ2n) is 5.11. The first-order valence-corrected chi connectivity index (χ1v) is 6.18. The molecule has 1 aliphatic rings. The Balaban J connectivity index is 1.90.